The van der Waals surface area contributed by atoms with Gasteiger partial charge in [-0.2, -0.15) is 5.26 Å². The molecule has 0 radical (unpaired) electrons. The van der Waals surface area contributed by atoms with Gasteiger partial charge in [-0.05, 0) is 41.6 Å². The SMILES string of the molecule is COc1cc2c(OCCCC#N)c3c(c(-c4ccc5c(c4)OCO5)c2cc1OC)C(=O)OC3. The largest absolute Gasteiger partial charge is 0.493 e. The number of nitriles is 1. The van der Waals surface area contributed by atoms with Crippen molar-refractivity contribution in [2.24, 2.45) is 0 Å². The van der Waals surface area contributed by atoms with Gasteiger partial charge in [0.15, 0.2) is 23.0 Å². The molecule has 0 saturated carbocycles. The van der Waals surface area contributed by atoms with Gasteiger partial charge in [0.25, 0.3) is 0 Å². The third-order valence-corrected chi connectivity index (χ3v) is 5.76. The summed E-state index contributed by atoms with van der Waals surface area (Å²) in [4.78, 5) is 12.9. The van der Waals surface area contributed by atoms with E-state index >= 15 is 0 Å². The predicted molar refractivity (Wildman–Crippen MR) is 118 cm³/mol. The molecule has 168 valence electrons. The van der Waals surface area contributed by atoms with Crippen LogP contribution >= 0.6 is 0 Å². The van der Waals surface area contributed by atoms with E-state index < -0.39 is 5.97 Å². The van der Waals surface area contributed by atoms with Gasteiger partial charge >= 0.3 is 5.97 Å². The number of benzene rings is 3. The zero-order valence-corrected chi connectivity index (χ0v) is 18.2. The summed E-state index contributed by atoms with van der Waals surface area (Å²) in [6, 6.07) is 11.4. The van der Waals surface area contributed by atoms with Crippen molar-refractivity contribution in [1.29, 1.82) is 5.26 Å². The first-order valence-corrected chi connectivity index (χ1v) is 10.5. The van der Waals surface area contributed by atoms with Crippen LogP contribution in [0.3, 0.4) is 0 Å². The lowest BCUT2D eigenvalue weighted by atomic mass is 9.89. The highest BCUT2D eigenvalue weighted by Gasteiger charge is 2.33. The molecule has 33 heavy (non-hydrogen) atoms. The fourth-order valence-electron chi connectivity index (χ4n) is 4.25. The fourth-order valence-corrected chi connectivity index (χ4v) is 4.25. The highest BCUT2D eigenvalue weighted by Crippen LogP contribution is 2.49. The Kier molecular flexibility index (Phi) is 5.31. The lowest BCUT2D eigenvalue weighted by Crippen LogP contribution is -2.05. The van der Waals surface area contributed by atoms with Crippen LogP contribution in [0.25, 0.3) is 21.9 Å². The monoisotopic (exact) mass is 447 g/mol. The fraction of sp³-hybridized carbons (Fsp3) is 0.280. The number of unbranched alkanes of at least 4 members (excludes halogenated alkanes) is 1. The van der Waals surface area contributed by atoms with E-state index in [1.165, 1.54) is 0 Å². The molecular weight excluding hydrogens is 426 g/mol. The number of hydrogen-bond donors (Lipinski definition) is 0. The molecule has 2 aliphatic rings. The van der Waals surface area contributed by atoms with Gasteiger partial charge in [-0.15, -0.1) is 0 Å². The summed E-state index contributed by atoms with van der Waals surface area (Å²) >= 11 is 0. The summed E-state index contributed by atoms with van der Waals surface area (Å²) in [5.74, 6) is 2.45. The van der Waals surface area contributed by atoms with Crippen molar-refractivity contribution in [3.8, 4) is 45.9 Å². The van der Waals surface area contributed by atoms with Gasteiger partial charge in [0.2, 0.25) is 6.79 Å². The van der Waals surface area contributed by atoms with E-state index in [0.29, 0.717) is 64.9 Å². The Bertz CT molecular complexity index is 1310. The molecule has 0 spiro atoms. The van der Waals surface area contributed by atoms with Crippen molar-refractivity contribution >= 4 is 16.7 Å². The molecule has 3 aromatic carbocycles. The Morgan fingerprint density at radius 3 is 2.48 bits per heavy atom. The van der Waals surface area contributed by atoms with Gasteiger partial charge in [0.05, 0.1) is 32.5 Å². The smallest absolute Gasteiger partial charge is 0.339 e. The first kappa shape index (κ1) is 20.8. The Morgan fingerprint density at radius 2 is 1.73 bits per heavy atom. The summed E-state index contributed by atoms with van der Waals surface area (Å²) in [6.07, 6.45) is 0.945. The van der Waals surface area contributed by atoms with Crippen LogP contribution in [-0.2, 0) is 11.3 Å². The molecule has 0 aromatic heterocycles. The van der Waals surface area contributed by atoms with E-state index in [4.69, 9.17) is 33.7 Å². The van der Waals surface area contributed by atoms with Gasteiger partial charge in [-0.25, -0.2) is 4.79 Å². The van der Waals surface area contributed by atoms with E-state index in [-0.39, 0.29) is 13.4 Å². The second-order valence-corrected chi connectivity index (χ2v) is 7.56. The topological polar surface area (TPSA) is 96.2 Å². The number of carbonyl (C=O) groups is 1. The van der Waals surface area contributed by atoms with Crippen molar-refractivity contribution in [1.82, 2.24) is 0 Å². The van der Waals surface area contributed by atoms with Crippen molar-refractivity contribution < 1.29 is 33.2 Å². The van der Waals surface area contributed by atoms with Crippen LogP contribution in [0, 0.1) is 11.3 Å². The molecule has 0 amide bonds. The normalized spacial score (nSPS) is 13.4. The molecule has 0 fully saturated rings. The van der Waals surface area contributed by atoms with E-state index in [1.807, 2.05) is 30.3 Å². The lowest BCUT2D eigenvalue weighted by molar-refractivity contribution is 0.0534. The molecule has 5 rings (SSSR count). The van der Waals surface area contributed by atoms with Gasteiger partial charge in [-0.3, -0.25) is 0 Å². The molecule has 0 saturated heterocycles. The van der Waals surface area contributed by atoms with Crippen LogP contribution in [0.4, 0.5) is 0 Å². The minimum atomic E-state index is -0.420. The predicted octanol–water partition coefficient (Wildman–Crippen LogP) is 4.61. The Labute approximate surface area is 190 Å². The minimum absolute atomic E-state index is 0.101. The standard InChI is InChI=1S/C25H21NO7/c1-28-19-10-15-16(11-20(19)29-2)24(30-8-4-3-7-26)17-12-31-25(27)23(17)22(15)14-5-6-18-21(9-14)33-13-32-18/h5-6,9-11H,3-4,8,12-13H2,1-2H3. The summed E-state index contributed by atoms with van der Waals surface area (Å²) in [5.41, 5.74) is 2.60. The molecule has 0 aliphatic carbocycles. The van der Waals surface area contributed by atoms with Crippen molar-refractivity contribution in [2.75, 3.05) is 27.6 Å². The van der Waals surface area contributed by atoms with Gasteiger partial charge in [0, 0.05) is 22.9 Å². The first-order valence-electron chi connectivity index (χ1n) is 10.5. The second-order valence-electron chi connectivity index (χ2n) is 7.56. The Hall–Kier alpha value is -4.12. The second kappa shape index (κ2) is 8.43. The third kappa shape index (κ3) is 3.42. The number of hydrogen-bond acceptors (Lipinski definition) is 8. The highest BCUT2D eigenvalue weighted by molar-refractivity contribution is 6.14. The average Bonchev–Trinajstić information content (AvgIpc) is 3.46. The van der Waals surface area contributed by atoms with Crippen LogP contribution in [0.15, 0.2) is 30.3 Å². The molecule has 0 unspecified atom stereocenters. The van der Waals surface area contributed by atoms with Gasteiger partial charge in [0.1, 0.15) is 12.4 Å². The van der Waals surface area contributed by atoms with Crippen molar-refractivity contribution in [3.63, 3.8) is 0 Å². The zero-order valence-electron chi connectivity index (χ0n) is 18.2. The number of esters is 1. The molecule has 0 N–H and O–H groups in total. The highest BCUT2D eigenvalue weighted by atomic mass is 16.7. The number of fused-ring (bicyclic) bond motifs is 3. The number of ether oxygens (including phenoxy) is 6. The van der Waals surface area contributed by atoms with E-state index in [0.717, 1.165) is 16.3 Å². The summed E-state index contributed by atoms with van der Waals surface area (Å²) in [7, 11) is 3.13. The van der Waals surface area contributed by atoms with Gasteiger partial charge in [-0.1, -0.05) is 6.07 Å². The van der Waals surface area contributed by atoms with Crippen molar-refractivity contribution in [2.45, 2.75) is 19.4 Å². The Balaban J connectivity index is 1.80. The van der Waals surface area contributed by atoms with Crippen LogP contribution in [0.2, 0.25) is 0 Å². The summed E-state index contributed by atoms with van der Waals surface area (Å²) < 4.78 is 33.7. The van der Waals surface area contributed by atoms with E-state index in [1.54, 1.807) is 14.2 Å². The number of cyclic esters (lactones) is 1. The molecule has 2 aliphatic heterocycles. The molecule has 2 heterocycles. The first-order chi connectivity index (χ1) is 16.2. The summed E-state index contributed by atoms with van der Waals surface area (Å²) in [6.45, 7) is 0.588. The zero-order chi connectivity index (χ0) is 22.9. The maximum atomic E-state index is 12.9. The molecule has 0 bridgehead atoms. The lowest BCUT2D eigenvalue weighted by Gasteiger charge is -2.19. The number of rotatable bonds is 7. The molecule has 3 aromatic rings. The quantitative estimate of drug-likeness (QED) is 0.383. The summed E-state index contributed by atoms with van der Waals surface area (Å²) in [5, 5.41) is 10.4. The van der Waals surface area contributed by atoms with Crippen LogP contribution in [0.1, 0.15) is 28.8 Å². The Morgan fingerprint density at radius 1 is 0.970 bits per heavy atom. The minimum Gasteiger partial charge on any atom is -0.493 e. The van der Waals surface area contributed by atoms with Gasteiger partial charge < -0.3 is 28.4 Å². The van der Waals surface area contributed by atoms with Crippen LogP contribution in [0.5, 0.6) is 28.7 Å². The van der Waals surface area contributed by atoms with Crippen LogP contribution in [-0.4, -0.2) is 33.6 Å². The average molecular weight is 447 g/mol. The number of methoxy groups -OCH3 is 2. The van der Waals surface area contributed by atoms with E-state index in [2.05, 4.69) is 6.07 Å². The molecule has 8 heteroatoms. The number of nitrogens with zero attached hydrogens (tertiary/aromatic N) is 1. The van der Waals surface area contributed by atoms with Crippen LogP contribution < -0.4 is 23.7 Å². The van der Waals surface area contributed by atoms with E-state index in [9.17, 15) is 4.79 Å². The van der Waals surface area contributed by atoms with Crippen molar-refractivity contribution in [3.05, 3.63) is 41.5 Å². The molecule has 0 atom stereocenters. The molecule has 8 nitrogen and oxygen atoms in total. The maximum absolute atomic E-state index is 12.9. The molecular formula is C25H21NO7. The third-order valence-electron chi connectivity index (χ3n) is 5.76. The number of carbonyl (C=O) groups excluding carboxylic acids is 1. The maximum Gasteiger partial charge on any atom is 0.339 e.